The molecule has 1 heterocycles. The number of rotatable bonds is 4. The van der Waals surface area contributed by atoms with E-state index >= 15 is 0 Å². The molecule has 3 rings (SSSR count). The maximum atomic E-state index is 2.66. The number of hydrogen-bond donors (Lipinski definition) is 0. The zero-order valence-electron chi connectivity index (χ0n) is 17.7. The van der Waals surface area contributed by atoms with Gasteiger partial charge in [0.05, 0.1) is 0 Å². The van der Waals surface area contributed by atoms with Crippen molar-refractivity contribution in [1.82, 2.24) is 4.90 Å². The van der Waals surface area contributed by atoms with E-state index < -0.39 is 0 Å². The topological polar surface area (TPSA) is 3.24 Å². The van der Waals surface area contributed by atoms with Gasteiger partial charge in [-0.05, 0) is 92.0 Å². The molecule has 2 aliphatic rings. The van der Waals surface area contributed by atoms with Gasteiger partial charge in [0.15, 0.2) is 0 Å². The van der Waals surface area contributed by atoms with Gasteiger partial charge in [-0.1, -0.05) is 58.9 Å². The quantitative estimate of drug-likeness (QED) is 0.544. The van der Waals surface area contributed by atoms with E-state index in [1.807, 2.05) is 0 Å². The van der Waals surface area contributed by atoms with Crippen molar-refractivity contribution in [3.8, 4) is 0 Å². The number of halogens is 1. The van der Waals surface area contributed by atoms with Crippen molar-refractivity contribution in [2.24, 2.45) is 10.8 Å². The molecule has 1 aliphatic heterocycles. The van der Waals surface area contributed by atoms with E-state index in [1.54, 1.807) is 11.1 Å². The lowest BCUT2D eigenvalue weighted by Gasteiger charge is -2.46. The van der Waals surface area contributed by atoms with Crippen LogP contribution in [0.2, 0.25) is 0 Å². The molecule has 0 unspecified atom stereocenters. The molecular weight excluding hydrogens is 338 g/mol. The highest BCUT2D eigenvalue weighted by Gasteiger charge is 2.39. The summed E-state index contributed by atoms with van der Waals surface area (Å²) in [4.78, 5) is 2.66. The molecule has 1 saturated carbocycles. The highest BCUT2D eigenvalue weighted by Crippen LogP contribution is 2.52. The van der Waals surface area contributed by atoms with Crippen LogP contribution in [0.5, 0.6) is 0 Å². The van der Waals surface area contributed by atoms with Gasteiger partial charge in [-0.2, -0.15) is 0 Å². The minimum Gasteiger partial charge on any atom is -0.303 e. The van der Waals surface area contributed by atoms with E-state index in [-0.39, 0.29) is 12.4 Å². The van der Waals surface area contributed by atoms with Gasteiger partial charge in [-0.25, -0.2) is 0 Å². The van der Waals surface area contributed by atoms with E-state index in [9.17, 15) is 0 Å². The van der Waals surface area contributed by atoms with Crippen molar-refractivity contribution < 1.29 is 0 Å². The van der Waals surface area contributed by atoms with E-state index in [4.69, 9.17) is 0 Å². The first-order valence-corrected chi connectivity index (χ1v) is 10.6. The molecule has 0 radical (unpaired) electrons. The Labute approximate surface area is 168 Å². The van der Waals surface area contributed by atoms with Gasteiger partial charge in [0.2, 0.25) is 0 Å². The Balaban J connectivity index is 0.00000243. The molecule has 1 nitrogen and oxygen atoms in total. The maximum Gasteiger partial charge on any atom is -0.00129 e. The first kappa shape index (κ1) is 21.8. The van der Waals surface area contributed by atoms with Crippen LogP contribution in [-0.4, -0.2) is 24.5 Å². The van der Waals surface area contributed by atoms with Crippen LogP contribution in [0.1, 0.15) is 96.1 Å². The third-order valence-electron chi connectivity index (χ3n) is 6.56. The second-order valence-corrected chi connectivity index (χ2v) is 10.4. The second kappa shape index (κ2) is 8.65. The summed E-state index contributed by atoms with van der Waals surface area (Å²) < 4.78 is 0. The molecule has 2 heteroatoms. The van der Waals surface area contributed by atoms with Crippen molar-refractivity contribution >= 4 is 12.4 Å². The largest absolute Gasteiger partial charge is 0.303 e. The summed E-state index contributed by atoms with van der Waals surface area (Å²) in [5, 5.41) is 0. The average Bonchev–Trinajstić information content (AvgIpc) is 2.53. The van der Waals surface area contributed by atoms with Crippen molar-refractivity contribution in [1.29, 1.82) is 0 Å². The molecule has 1 saturated heterocycles. The first-order chi connectivity index (χ1) is 11.8. The molecule has 0 bridgehead atoms. The zero-order valence-corrected chi connectivity index (χ0v) is 18.5. The van der Waals surface area contributed by atoms with Crippen molar-refractivity contribution in [2.45, 2.75) is 85.0 Å². The molecule has 26 heavy (non-hydrogen) atoms. The number of hydrogen-bond acceptors (Lipinski definition) is 1. The number of nitrogens with zero attached hydrogens (tertiary/aromatic N) is 1. The molecule has 148 valence electrons. The Bertz CT molecular complexity index is 553. The van der Waals surface area contributed by atoms with E-state index in [1.165, 1.54) is 58.2 Å². The molecule has 1 aliphatic carbocycles. The summed E-state index contributed by atoms with van der Waals surface area (Å²) in [6, 6.07) is 9.45. The average molecular weight is 378 g/mol. The fraction of sp³-hybridized carbons (Fsp3) is 0.750. The van der Waals surface area contributed by atoms with Crippen LogP contribution in [0, 0.1) is 10.8 Å². The monoisotopic (exact) mass is 377 g/mol. The van der Waals surface area contributed by atoms with Gasteiger partial charge < -0.3 is 4.90 Å². The number of benzene rings is 1. The van der Waals surface area contributed by atoms with E-state index in [0.717, 1.165) is 11.8 Å². The van der Waals surface area contributed by atoms with Gasteiger partial charge in [0.25, 0.3) is 0 Å². The van der Waals surface area contributed by atoms with Gasteiger partial charge in [-0.15, -0.1) is 12.4 Å². The third-order valence-corrected chi connectivity index (χ3v) is 6.56. The smallest absolute Gasteiger partial charge is 0.00129 e. The summed E-state index contributed by atoms with van der Waals surface area (Å²) >= 11 is 0. The van der Waals surface area contributed by atoms with Gasteiger partial charge in [-0.3, -0.25) is 0 Å². The van der Waals surface area contributed by atoms with Crippen molar-refractivity contribution in [2.75, 3.05) is 19.6 Å². The second-order valence-electron chi connectivity index (χ2n) is 10.4. The Kier molecular flexibility index (Phi) is 7.24. The molecule has 0 amide bonds. The molecule has 0 aromatic heterocycles. The minimum absolute atomic E-state index is 0. The molecule has 0 atom stereocenters. The van der Waals surface area contributed by atoms with Crippen LogP contribution < -0.4 is 0 Å². The number of piperidine rings is 1. The number of likely N-dealkylation sites (tertiary alicyclic amines) is 1. The fourth-order valence-corrected chi connectivity index (χ4v) is 6.10. The SMILES string of the molecule is CCCN1CCC(c2ccccc2C2CC(C)(C)CC(C)(C)C2)CC1.Cl. The third kappa shape index (κ3) is 5.26. The summed E-state index contributed by atoms with van der Waals surface area (Å²) in [7, 11) is 0. The van der Waals surface area contributed by atoms with Gasteiger partial charge in [0.1, 0.15) is 0 Å². The predicted molar refractivity (Wildman–Crippen MR) is 117 cm³/mol. The predicted octanol–water partition coefficient (Wildman–Crippen LogP) is 7.02. The standard InChI is InChI=1S/C24H39N.ClH/c1-6-13-25-14-11-19(12-15-25)21-9-7-8-10-22(21)20-16-23(2,3)18-24(4,5)17-20;/h7-10,19-20H,6,11-18H2,1-5H3;1H. The van der Waals surface area contributed by atoms with Crippen LogP contribution >= 0.6 is 12.4 Å². The molecule has 1 aromatic rings. The summed E-state index contributed by atoms with van der Waals surface area (Å²) in [6.45, 7) is 16.1. The highest BCUT2D eigenvalue weighted by molar-refractivity contribution is 5.85. The minimum atomic E-state index is 0. The Morgan fingerprint density at radius 3 is 1.88 bits per heavy atom. The molecule has 1 aromatic carbocycles. The fourth-order valence-electron chi connectivity index (χ4n) is 6.10. The van der Waals surface area contributed by atoms with Crippen LogP contribution in [0.4, 0.5) is 0 Å². The molecular formula is C24H40ClN. The lowest BCUT2D eigenvalue weighted by molar-refractivity contribution is 0.0962. The van der Waals surface area contributed by atoms with Gasteiger partial charge >= 0.3 is 0 Å². The van der Waals surface area contributed by atoms with Crippen LogP contribution in [0.15, 0.2) is 24.3 Å². The summed E-state index contributed by atoms with van der Waals surface area (Å²) in [5.41, 5.74) is 4.28. The van der Waals surface area contributed by atoms with Crippen molar-refractivity contribution in [3.63, 3.8) is 0 Å². The maximum absolute atomic E-state index is 2.66. The van der Waals surface area contributed by atoms with Gasteiger partial charge in [0, 0.05) is 0 Å². The normalized spacial score (nSPS) is 24.2. The molecule has 0 spiro atoms. The highest BCUT2D eigenvalue weighted by atomic mass is 35.5. The first-order valence-electron chi connectivity index (χ1n) is 10.6. The van der Waals surface area contributed by atoms with Crippen LogP contribution in [-0.2, 0) is 0 Å². The van der Waals surface area contributed by atoms with Crippen LogP contribution in [0.25, 0.3) is 0 Å². The van der Waals surface area contributed by atoms with E-state index in [2.05, 4.69) is 63.8 Å². The Morgan fingerprint density at radius 1 is 0.885 bits per heavy atom. The Morgan fingerprint density at radius 2 is 1.38 bits per heavy atom. The summed E-state index contributed by atoms with van der Waals surface area (Å²) in [5.74, 6) is 1.51. The van der Waals surface area contributed by atoms with Crippen molar-refractivity contribution in [3.05, 3.63) is 35.4 Å². The lowest BCUT2D eigenvalue weighted by atomic mass is 9.59. The zero-order chi connectivity index (χ0) is 18.1. The Hall–Kier alpha value is -0.530. The van der Waals surface area contributed by atoms with Crippen LogP contribution in [0.3, 0.4) is 0 Å². The molecule has 0 N–H and O–H groups in total. The molecule has 2 fully saturated rings. The lowest BCUT2D eigenvalue weighted by Crippen LogP contribution is -2.35. The summed E-state index contributed by atoms with van der Waals surface area (Å²) in [6.07, 6.45) is 8.03. The van der Waals surface area contributed by atoms with E-state index in [0.29, 0.717) is 10.8 Å².